The van der Waals surface area contributed by atoms with Crippen molar-refractivity contribution < 1.29 is 4.79 Å². The summed E-state index contributed by atoms with van der Waals surface area (Å²) in [6.07, 6.45) is 7.50. The fraction of sp³-hybridized carbons (Fsp3) is 0.0385. The van der Waals surface area contributed by atoms with Gasteiger partial charge in [-0.25, -0.2) is 0 Å². The molecule has 0 saturated carbocycles. The minimum Gasteiger partial charge on any atom is -0.290 e. The number of allylic oxidation sites excluding steroid dienone is 4. The fourth-order valence-electron chi connectivity index (χ4n) is 4.21. The summed E-state index contributed by atoms with van der Waals surface area (Å²) >= 11 is 0. The monoisotopic (exact) mass is 346 g/mol. The van der Waals surface area contributed by atoms with Crippen LogP contribution in [0.3, 0.4) is 0 Å². The first kappa shape index (κ1) is 15.8. The van der Waals surface area contributed by atoms with E-state index in [9.17, 15) is 4.79 Å². The highest BCUT2D eigenvalue weighted by Crippen LogP contribution is 2.43. The van der Waals surface area contributed by atoms with Crippen LogP contribution in [0.15, 0.2) is 109 Å². The molecule has 0 N–H and O–H groups in total. The SMILES string of the molecule is O=C1C=CC(c2cccc3ccccc23)(c2cccc3ccccc23)C=C1. The normalized spacial score (nSPS) is 15.5. The summed E-state index contributed by atoms with van der Waals surface area (Å²) in [6.45, 7) is 0. The third kappa shape index (κ3) is 2.43. The van der Waals surface area contributed by atoms with Gasteiger partial charge in [-0.05, 0) is 44.8 Å². The van der Waals surface area contributed by atoms with Crippen molar-refractivity contribution in [2.75, 3.05) is 0 Å². The lowest BCUT2D eigenvalue weighted by molar-refractivity contribution is -0.110. The van der Waals surface area contributed by atoms with Gasteiger partial charge in [-0.2, -0.15) is 0 Å². The van der Waals surface area contributed by atoms with Crippen molar-refractivity contribution in [1.82, 2.24) is 0 Å². The van der Waals surface area contributed by atoms with Crippen molar-refractivity contribution in [2.24, 2.45) is 0 Å². The van der Waals surface area contributed by atoms with Gasteiger partial charge in [-0.15, -0.1) is 0 Å². The Morgan fingerprint density at radius 1 is 0.519 bits per heavy atom. The van der Waals surface area contributed by atoms with Crippen LogP contribution in [0.25, 0.3) is 21.5 Å². The predicted molar refractivity (Wildman–Crippen MR) is 112 cm³/mol. The Labute approximate surface area is 158 Å². The summed E-state index contributed by atoms with van der Waals surface area (Å²) in [4.78, 5) is 12.0. The van der Waals surface area contributed by atoms with Gasteiger partial charge in [0.05, 0.1) is 5.41 Å². The van der Waals surface area contributed by atoms with Crippen molar-refractivity contribution in [3.8, 4) is 0 Å². The summed E-state index contributed by atoms with van der Waals surface area (Å²) in [5, 5.41) is 4.81. The molecule has 1 nitrogen and oxygen atoms in total. The zero-order valence-corrected chi connectivity index (χ0v) is 14.8. The Kier molecular flexibility index (Phi) is 3.54. The van der Waals surface area contributed by atoms with Crippen molar-refractivity contribution in [3.63, 3.8) is 0 Å². The van der Waals surface area contributed by atoms with Crippen molar-refractivity contribution >= 4 is 27.3 Å². The number of rotatable bonds is 2. The molecule has 0 amide bonds. The van der Waals surface area contributed by atoms with Crippen LogP contribution >= 0.6 is 0 Å². The van der Waals surface area contributed by atoms with Gasteiger partial charge < -0.3 is 0 Å². The van der Waals surface area contributed by atoms with Crippen LogP contribution in [0.2, 0.25) is 0 Å². The van der Waals surface area contributed by atoms with Crippen LogP contribution in [0, 0.1) is 0 Å². The number of benzene rings is 4. The number of ketones is 1. The van der Waals surface area contributed by atoms with E-state index >= 15 is 0 Å². The second-order valence-electron chi connectivity index (χ2n) is 6.99. The van der Waals surface area contributed by atoms with E-state index in [1.165, 1.54) is 32.7 Å². The molecule has 0 unspecified atom stereocenters. The summed E-state index contributed by atoms with van der Waals surface area (Å²) < 4.78 is 0. The lowest BCUT2D eigenvalue weighted by Crippen LogP contribution is -2.26. The number of hydrogen-bond donors (Lipinski definition) is 0. The molecule has 0 aliphatic heterocycles. The first-order valence-electron chi connectivity index (χ1n) is 9.17. The van der Waals surface area contributed by atoms with Gasteiger partial charge >= 0.3 is 0 Å². The Morgan fingerprint density at radius 2 is 0.963 bits per heavy atom. The van der Waals surface area contributed by atoms with E-state index in [1.54, 1.807) is 12.2 Å². The highest BCUT2D eigenvalue weighted by molar-refractivity contribution is 6.02. The Balaban J connectivity index is 1.91. The van der Waals surface area contributed by atoms with E-state index in [-0.39, 0.29) is 5.78 Å². The zero-order chi connectivity index (χ0) is 18.3. The maximum absolute atomic E-state index is 12.0. The predicted octanol–water partition coefficient (Wildman–Crippen LogP) is 5.97. The van der Waals surface area contributed by atoms with Crippen LogP contribution in [-0.2, 0) is 10.2 Å². The molecule has 5 rings (SSSR count). The Hall–Kier alpha value is -3.45. The zero-order valence-electron chi connectivity index (χ0n) is 14.8. The molecule has 0 radical (unpaired) electrons. The molecule has 1 heteroatoms. The molecule has 27 heavy (non-hydrogen) atoms. The maximum Gasteiger partial charge on any atom is 0.178 e. The van der Waals surface area contributed by atoms with Gasteiger partial charge in [0.1, 0.15) is 0 Å². The molecule has 0 aromatic heterocycles. The molecule has 1 aliphatic rings. The number of fused-ring (bicyclic) bond motifs is 2. The Morgan fingerprint density at radius 3 is 1.48 bits per heavy atom. The lowest BCUT2D eigenvalue weighted by Gasteiger charge is -2.32. The molecule has 128 valence electrons. The average molecular weight is 346 g/mol. The molecule has 0 fully saturated rings. The molecule has 4 aromatic carbocycles. The average Bonchev–Trinajstić information content (AvgIpc) is 2.74. The van der Waals surface area contributed by atoms with E-state index in [1.807, 2.05) is 0 Å². The molecular formula is C26H18O. The summed E-state index contributed by atoms with van der Waals surface area (Å²) in [7, 11) is 0. The van der Waals surface area contributed by atoms with Gasteiger partial charge in [0.15, 0.2) is 5.78 Å². The van der Waals surface area contributed by atoms with Crippen molar-refractivity contribution in [3.05, 3.63) is 120 Å². The fourth-order valence-corrected chi connectivity index (χ4v) is 4.21. The standard InChI is InChI=1S/C26H18O/c27-21-15-17-26(18-16-21,24-13-5-9-19-7-1-3-11-22(19)24)25-14-6-10-20-8-2-4-12-23(20)25/h1-18H. The van der Waals surface area contributed by atoms with E-state index in [0.717, 1.165) is 0 Å². The first-order valence-corrected chi connectivity index (χ1v) is 9.17. The summed E-state index contributed by atoms with van der Waals surface area (Å²) in [6, 6.07) is 29.7. The van der Waals surface area contributed by atoms with Crippen LogP contribution in [0.5, 0.6) is 0 Å². The highest BCUT2D eigenvalue weighted by Gasteiger charge is 2.33. The minimum atomic E-state index is -0.477. The largest absolute Gasteiger partial charge is 0.290 e. The summed E-state index contributed by atoms with van der Waals surface area (Å²) in [5.74, 6) is 0.0334. The van der Waals surface area contributed by atoms with Crippen LogP contribution < -0.4 is 0 Å². The smallest absolute Gasteiger partial charge is 0.178 e. The first-order chi connectivity index (χ1) is 13.3. The van der Waals surface area contributed by atoms with E-state index < -0.39 is 5.41 Å². The highest BCUT2D eigenvalue weighted by atomic mass is 16.1. The molecular weight excluding hydrogens is 328 g/mol. The molecule has 0 atom stereocenters. The molecule has 0 saturated heterocycles. The lowest BCUT2D eigenvalue weighted by atomic mass is 9.69. The van der Waals surface area contributed by atoms with Gasteiger partial charge in [0, 0.05) is 0 Å². The number of hydrogen-bond acceptors (Lipinski definition) is 1. The number of carbonyl (C=O) groups excluding carboxylic acids is 1. The number of carbonyl (C=O) groups is 1. The second kappa shape index (κ2) is 6.07. The quantitative estimate of drug-likeness (QED) is 0.437. The molecule has 0 spiro atoms. The second-order valence-corrected chi connectivity index (χ2v) is 6.99. The molecule has 1 aliphatic carbocycles. The van der Waals surface area contributed by atoms with Gasteiger partial charge in [0.2, 0.25) is 0 Å². The third-order valence-electron chi connectivity index (χ3n) is 5.49. The molecule has 0 bridgehead atoms. The van der Waals surface area contributed by atoms with Crippen LogP contribution in [0.1, 0.15) is 11.1 Å². The molecule has 4 aromatic rings. The van der Waals surface area contributed by atoms with Gasteiger partial charge in [-0.1, -0.05) is 97.1 Å². The molecule has 0 heterocycles. The Bertz CT molecular complexity index is 1140. The van der Waals surface area contributed by atoms with Gasteiger partial charge in [-0.3, -0.25) is 4.79 Å². The van der Waals surface area contributed by atoms with E-state index in [2.05, 4.69) is 97.1 Å². The topological polar surface area (TPSA) is 17.1 Å². The van der Waals surface area contributed by atoms with Crippen molar-refractivity contribution in [1.29, 1.82) is 0 Å². The van der Waals surface area contributed by atoms with E-state index in [0.29, 0.717) is 0 Å². The summed E-state index contributed by atoms with van der Waals surface area (Å²) in [5.41, 5.74) is 1.91. The minimum absolute atomic E-state index is 0.0334. The van der Waals surface area contributed by atoms with Gasteiger partial charge in [0.25, 0.3) is 0 Å². The van der Waals surface area contributed by atoms with Crippen LogP contribution in [-0.4, -0.2) is 5.78 Å². The van der Waals surface area contributed by atoms with Crippen molar-refractivity contribution in [2.45, 2.75) is 5.41 Å². The third-order valence-corrected chi connectivity index (χ3v) is 5.49. The van der Waals surface area contributed by atoms with Crippen LogP contribution in [0.4, 0.5) is 0 Å². The maximum atomic E-state index is 12.0. The van der Waals surface area contributed by atoms with E-state index in [4.69, 9.17) is 0 Å².